The SMILES string of the molecule is O=P1(c2ccccc2)c2ccccc2-c2ccccc2-c2ccccc2N1c1nc2ccccc2nc1-c1ccccc1. The molecule has 0 bridgehead atoms. The third-order valence-corrected chi connectivity index (χ3v) is 11.1. The first-order chi connectivity index (χ1) is 21.2. The van der Waals surface area contributed by atoms with Crippen LogP contribution >= 0.6 is 7.29 Å². The van der Waals surface area contributed by atoms with E-state index in [0.717, 1.165) is 55.1 Å². The maximum atomic E-state index is 16.5. The fourth-order valence-electron chi connectivity index (χ4n) is 6.12. The summed E-state index contributed by atoms with van der Waals surface area (Å²) >= 11 is 0. The van der Waals surface area contributed by atoms with Gasteiger partial charge in [-0.25, -0.2) is 9.97 Å². The molecule has 0 fully saturated rings. The zero-order chi connectivity index (χ0) is 28.8. The highest BCUT2D eigenvalue weighted by Crippen LogP contribution is 2.60. The van der Waals surface area contributed by atoms with Crippen LogP contribution in [0, 0.1) is 0 Å². The molecule has 1 atom stereocenters. The zero-order valence-corrected chi connectivity index (χ0v) is 24.1. The van der Waals surface area contributed by atoms with Gasteiger partial charge in [0.25, 0.3) is 0 Å². The van der Waals surface area contributed by atoms with Crippen LogP contribution in [0.2, 0.25) is 0 Å². The zero-order valence-electron chi connectivity index (χ0n) is 23.2. The molecule has 0 amide bonds. The van der Waals surface area contributed by atoms with Crippen LogP contribution in [0.1, 0.15) is 0 Å². The van der Waals surface area contributed by atoms with Crippen LogP contribution in [-0.2, 0) is 4.57 Å². The second-order valence-electron chi connectivity index (χ2n) is 10.6. The Labute approximate surface area is 250 Å². The first kappa shape index (κ1) is 25.4. The van der Waals surface area contributed by atoms with E-state index < -0.39 is 7.29 Å². The van der Waals surface area contributed by atoms with Crippen molar-refractivity contribution in [2.75, 3.05) is 4.67 Å². The summed E-state index contributed by atoms with van der Waals surface area (Å²) in [6.45, 7) is 0. The molecule has 0 saturated heterocycles. The number of para-hydroxylation sites is 3. The predicted octanol–water partition coefficient (Wildman–Crippen LogP) is 9.01. The van der Waals surface area contributed by atoms with E-state index in [1.54, 1.807) is 0 Å². The molecule has 204 valence electrons. The molecule has 1 aliphatic rings. The minimum atomic E-state index is -3.64. The van der Waals surface area contributed by atoms with Gasteiger partial charge in [-0.1, -0.05) is 121 Å². The third-order valence-electron chi connectivity index (χ3n) is 8.06. The van der Waals surface area contributed by atoms with Crippen molar-refractivity contribution >= 4 is 40.4 Å². The lowest BCUT2D eigenvalue weighted by Gasteiger charge is -2.38. The number of benzene rings is 6. The minimum absolute atomic E-state index is 0.554. The van der Waals surface area contributed by atoms with Crippen molar-refractivity contribution in [1.82, 2.24) is 9.97 Å². The highest BCUT2D eigenvalue weighted by Gasteiger charge is 2.42. The second kappa shape index (κ2) is 10.2. The summed E-state index contributed by atoms with van der Waals surface area (Å²) in [6, 6.07) is 52.5. The topological polar surface area (TPSA) is 46.1 Å². The Morgan fingerprint density at radius 2 is 0.977 bits per heavy atom. The Bertz CT molecular complexity index is 2180. The normalized spacial score (nSPS) is 15.6. The standard InChI is InChI=1S/C38H26N3OP/c42-43(28-17-5-2-6-18-28)36-26-14-10-22-32(36)30-20-8-7-19-29(30)31-21-9-13-25-35(31)41(43)38-37(27-15-3-1-4-16-27)39-33-23-11-12-24-34(33)40-38/h1-26H. The minimum Gasteiger partial charge on any atom is -0.289 e. The van der Waals surface area contributed by atoms with Gasteiger partial charge in [-0.2, -0.15) is 0 Å². The van der Waals surface area contributed by atoms with Gasteiger partial charge in [0.15, 0.2) is 5.82 Å². The van der Waals surface area contributed by atoms with E-state index in [1.165, 1.54) is 0 Å². The first-order valence-electron chi connectivity index (χ1n) is 14.3. The van der Waals surface area contributed by atoms with Crippen LogP contribution in [0.25, 0.3) is 44.5 Å². The summed E-state index contributed by atoms with van der Waals surface area (Å²) in [5.41, 5.74) is 7.98. The van der Waals surface area contributed by atoms with Crippen molar-refractivity contribution in [3.8, 4) is 33.5 Å². The molecule has 4 nitrogen and oxygen atoms in total. The molecule has 6 aromatic carbocycles. The van der Waals surface area contributed by atoms with Crippen molar-refractivity contribution in [3.63, 3.8) is 0 Å². The van der Waals surface area contributed by atoms with Gasteiger partial charge in [-0.3, -0.25) is 9.24 Å². The van der Waals surface area contributed by atoms with E-state index in [0.29, 0.717) is 11.5 Å². The van der Waals surface area contributed by atoms with Crippen LogP contribution in [0.3, 0.4) is 0 Å². The van der Waals surface area contributed by atoms with Gasteiger partial charge in [0.05, 0.1) is 16.7 Å². The molecule has 5 heteroatoms. The number of fused-ring (bicyclic) bond motifs is 6. The van der Waals surface area contributed by atoms with Crippen molar-refractivity contribution in [3.05, 3.63) is 158 Å². The highest BCUT2D eigenvalue weighted by molar-refractivity contribution is 7.80. The molecule has 0 N–H and O–H groups in total. The molecule has 0 aliphatic carbocycles. The lowest BCUT2D eigenvalue weighted by Crippen LogP contribution is -2.32. The molecule has 1 aromatic heterocycles. The van der Waals surface area contributed by atoms with E-state index >= 15 is 4.57 Å². The van der Waals surface area contributed by atoms with Crippen LogP contribution in [-0.4, -0.2) is 9.97 Å². The molecular weight excluding hydrogens is 545 g/mol. The smallest absolute Gasteiger partial charge is 0.235 e. The van der Waals surface area contributed by atoms with Crippen LogP contribution < -0.4 is 15.3 Å². The maximum absolute atomic E-state index is 16.5. The molecule has 0 spiro atoms. The van der Waals surface area contributed by atoms with Gasteiger partial charge >= 0.3 is 0 Å². The van der Waals surface area contributed by atoms with E-state index in [-0.39, 0.29) is 0 Å². The monoisotopic (exact) mass is 571 g/mol. The Balaban J connectivity index is 1.59. The molecule has 0 saturated carbocycles. The Morgan fingerprint density at radius 3 is 1.70 bits per heavy atom. The van der Waals surface area contributed by atoms with Gasteiger partial charge in [0, 0.05) is 21.7 Å². The average Bonchev–Trinajstić information content (AvgIpc) is 3.08. The first-order valence-corrected chi connectivity index (χ1v) is 16.0. The number of aromatic nitrogens is 2. The van der Waals surface area contributed by atoms with Gasteiger partial charge in [0.2, 0.25) is 7.29 Å². The lowest BCUT2D eigenvalue weighted by atomic mass is 9.93. The number of rotatable bonds is 3. The molecule has 2 heterocycles. The fraction of sp³-hybridized carbons (Fsp3) is 0. The van der Waals surface area contributed by atoms with E-state index in [2.05, 4.69) is 36.4 Å². The second-order valence-corrected chi connectivity index (χ2v) is 13.1. The lowest BCUT2D eigenvalue weighted by molar-refractivity contribution is 0.587. The number of anilines is 2. The summed E-state index contributed by atoms with van der Waals surface area (Å²) in [4.78, 5) is 10.5. The van der Waals surface area contributed by atoms with Gasteiger partial charge < -0.3 is 0 Å². The Hall–Kier alpha value is -5.31. The average molecular weight is 572 g/mol. The fourth-order valence-corrected chi connectivity index (χ4v) is 9.12. The molecule has 0 radical (unpaired) electrons. The molecule has 43 heavy (non-hydrogen) atoms. The van der Waals surface area contributed by atoms with Gasteiger partial charge in [0.1, 0.15) is 5.69 Å². The summed E-state index contributed by atoms with van der Waals surface area (Å²) in [5.74, 6) is 0.554. The maximum Gasteiger partial charge on any atom is 0.235 e. The van der Waals surface area contributed by atoms with Crippen molar-refractivity contribution < 1.29 is 4.57 Å². The van der Waals surface area contributed by atoms with Crippen molar-refractivity contribution in [2.45, 2.75) is 0 Å². The van der Waals surface area contributed by atoms with Crippen LogP contribution in [0.15, 0.2) is 158 Å². The third kappa shape index (κ3) is 4.03. The Kier molecular flexibility index (Phi) is 6.03. The molecule has 8 rings (SSSR count). The van der Waals surface area contributed by atoms with Crippen LogP contribution in [0.5, 0.6) is 0 Å². The van der Waals surface area contributed by atoms with E-state index in [9.17, 15) is 0 Å². The molecule has 7 aromatic rings. The summed E-state index contributed by atoms with van der Waals surface area (Å²) < 4.78 is 18.5. The number of hydrogen-bond acceptors (Lipinski definition) is 3. The van der Waals surface area contributed by atoms with Crippen molar-refractivity contribution in [2.24, 2.45) is 0 Å². The summed E-state index contributed by atoms with van der Waals surface area (Å²) in [7, 11) is -3.64. The van der Waals surface area contributed by atoms with Crippen LogP contribution in [0.4, 0.5) is 11.5 Å². The summed E-state index contributed by atoms with van der Waals surface area (Å²) in [5, 5.41) is 1.49. The number of hydrogen-bond donors (Lipinski definition) is 0. The quantitative estimate of drug-likeness (QED) is 0.199. The summed E-state index contributed by atoms with van der Waals surface area (Å²) in [6.07, 6.45) is 0. The van der Waals surface area contributed by atoms with Gasteiger partial charge in [-0.05, 0) is 53.1 Å². The van der Waals surface area contributed by atoms with Gasteiger partial charge in [-0.15, -0.1) is 0 Å². The molecule has 1 unspecified atom stereocenters. The molecule has 1 aliphatic heterocycles. The largest absolute Gasteiger partial charge is 0.289 e. The van der Waals surface area contributed by atoms with Crippen molar-refractivity contribution in [1.29, 1.82) is 0 Å². The predicted molar refractivity (Wildman–Crippen MR) is 178 cm³/mol. The van der Waals surface area contributed by atoms with E-state index in [1.807, 2.05) is 126 Å². The van der Waals surface area contributed by atoms with E-state index in [4.69, 9.17) is 9.97 Å². The molecular formula is C38H26N3OP. The Morgan fingerprint density at radius 1 is 0.465 bits per heavy atom. The number of nitrogens with zero attached hydrogens (tertiary/aromatic N) is 3. The highest BCUT2D eigenvalue weighted by atomic mass is 31.2.